The number of piperidine rings is 1. The quantitative estimate of drug-likeness (QED) is 0.884. The molecule has 1 aliphatic heterocycles. The van der Waals surface area contributed by atoms with Gasteiger partial charge >= 0.3 is 0 Å². The fraction of sp³-hybridized carbons (Fsp3) is 0.692. The van der Waals surface area contributed by atoms with Crippen molar-refractivity contribution in [3.8, 4) is 0 Å². The lowest BCUT2D eigenvalue weighted by Crippen LogP contribution is -2.45. The van der Waals surface area contributed by atoms with E-state index in [2.05, 4.69) is 17.3 Å². The van der Waals surface area contributed by atoms with E-state index in [9.17, 15) is 4.79 Å². The predicted octanol–water partition coefficient (Wildman–Crippen LogP) is 1.48. The molecule has 1 saturated heterocycles. The number of aromatic nitrogens is 2. The second-order valence-corrected chi connectivity index (χ2v) is 5.28. The summed E-state index contributed by atoms with van der Waals surface area (Å²) in [5.74, 6) is 0.932. The summed E-state index contributed by atoms with van der Waals surface area (Å²) >= 11 is 0. The zero-order valence-electron chi connectivity index (χ0n) is 11.4. The molecule has 1 aromatic heterocycles. The topological polar surface area (TPSA) is 50.2 Å². The van der Waals surface area contributed by atoms with Crippen molar-refractivity contribution in [1.82, 2.24) is 14.7 Å². The zero-order chi connectivity index (χ0) is 13.1. The van der Waals surface area contributed by atoms with Gasteiger partial charge in [-0.3, -0.25) is 9.48 Å². The fourth-order valence-corrected chi connectivity index (χ4v) is 2.31. The van der Waals surface area contributed by atoms with Gasteiger partial charge in [0, 0.05) is 26.3 Å². The molecular formula is C13H22N4O. The van der Waals surface area contributed by atoms with E-state index in [1.807, 2.05) is 25.1 Å². The van der Waals surface area contributed by atoms with Crippen molar-refractivity contribution < 1.29 is 4.79 Å². The number of anilines is 1. The third kappa shape index (κ3) is 3.03. The molecule has 1 atom stereocenters. The molecule has 0 saturated carbocycles. The van der Waals surface area contributed by atoms with Crippen LogP contribution in [0.4, 0.5) is 5.69 Å². The molecule has 1 N–H and O–H groups in total. The zero-order valence-corrected chi connectivity index (χ0v) is 11.4. The smallest absolute Gasteiger partial charge is 0.244 e. The van der Waals surface area contributed by atoms with Gasteiger partial charge in [0.15, 0.2) is 0 Å². The van der Waals surface area contributed by atoms with E-state index in [4.69, 9.17) is 0 Å². The Morgan fingerprint density at radius 2 is 2.17 bits per heavy atom. The second kappa shape index (κ2) is 5.42. The van der Waals surface area contributed by atoms with Crippen molar-refractivity contribution in [3.63, 3.8) is 0 Å². The Hall–Kier alpha value is -1.52. The first kappa shape index (κ1) is 12.9. The molecular weight excluding hydrogens is 228 g/mol. The van der Waals surface area contributed by atoms with Crippen molar-refractivity contribution in [2.45, 2.75) is 32.7 Å². The number of carbonyl (C=O) groups is 1. The molecule has 2 heterocycles. The van der Waals surface area contributed by atoms with Gasteiger partial charge < -0.3 is 10.2 Å². The molecule has 0 radical (unpaired) electrons. The van der Waals surface area contributed by atoms with E-state index in [0.717, 1.165) is 37.5 Å². The van der Waals surface area contributed by atoms with Crippen LogP contribution in [0.3, 0.4) is 0 Å². The maximum atomic E-state index is 12.3. The van der Waals surface area contributed by atoms with Gasteiger partial charge in [-0.1, -0.05) is 6.92 Å². The summed E-state index contributed by atoms with van der Waals surface area (Å²) in [6.45, 7) is 5.94. The van der Waals surface area contributed by atoms with Crippen LogP contribution in [0, 0.1) is 5.92 Å². The van der Waals surface area contributed by atoms with Crippen molar-refractivity contribution in [1.29, 1.82) is 0 Å². The van der Waals surface area contributed by atoms with Gasteiger partial charge in [0.25, 0.3) is 0 Å². The second-order valence-electron chi connectivity index (χ2n) is 5.28. The van der Waals surface area contributed by atoms with E-state index in [1.54, 1.807) is 10.9 Å². The summed E-state index contributed by atoms with van der Waals surface area (Å²) in [7, 11) is 1.86. The molecule has 0 bridgehead atoms. The number of likely N-dealkylation sites (tertiary alicyclic amines) is 1. The Bertz CT molecular complexity index is 407. The van der Waals surface area contributed by atoms with Crippen molar-refractivity contribution in [2.24, 2.45) is 13.0 Å². The van der Waals surface area contributed by atoms with Crippen LogP contribution in [0.15, 0.2) is 12.4 Å². The summed E-state index contributed by atoms with van der Waals surface area (Å²) in [5, 5.41) is 7.28. The Kier molecular flexibility index (Phi) is 3.89. The summed E-state index contributed by atoms with van der Waals surface area (Å²) in [6.07, 6.45) is 5.85. The molecule has 1 aromatic rings. The number of amides is 1. The number of carbonyl (C=O) groups excluding carboxylic acids is 1. The van der Waals surface area contributed by atoms with Gasteiger partial charge in [0.2, 0.25) is 5.91 Å². The van der Waals surface area contributed by atoms with Crippen LogP contribution in [0.1, 0.15) is 26.7 Å². The van der Waals surface area contributed by atoms with Crippen molar-refractivity contribution in [3.05, 3.63) is 12.4 Å². The summed E-state index contributed by atoms with van der Waals surface area (Å²) in [6, 6.07) is -0.192. The fourth-order valence-electron chi connectivity index (χ4n) is 2.31. The average molecular weight is 250 g/mol. The largest absolute Gasteiger partial charge is 0.371 e. The highest BCUT2D eigenvalue weighted by molar-refractivity contribution is 5.84. The van der Waals surface area contributed by atoms with Gasteiger partial charge in [-0.15, -0.1) is 0 Å². The van der Waals surface area contributed by atoms with Gasteiger partial charge in [0.1, 0.15) is 6.04 Å². The minimum absolute atomic E-state index is 0.186. The lowest BCUT2D eigenvalue weighted by atomic mass is 9.99. The van der Waals surface area contributed by atoms with Crippen LogP contribution in [0.2, 0.25) is 0 Å². The summed E-state index contributed by atoms with van der Waals surface area (Å²) in [4.78, 5) is 14.2. The monoisotopic (exact) mass is 250 g/mol. The van der Waals surface area contributed by atoms with E-state index in [-0.39, 0.29) is 11.9 Å². The first-order valence-electron chi connectivity index (χ1n) is 6.60. The third-order valence-corrected chi connectivity index (χ3v) is 3.55. The molecule has 1 fully saturated rings. The lowest BCUT2D eigenvalue weighted by Gasteiger charge is -2.32. The SMILES string of the molecule is CC1CCN(C(=O)C(C)Nc2cnn(C)c2)CC1. The highest BCUT2D eigenvalue weighted by atomic mass is 16.2. The molecule has 100 valence electrons. The molecule has 5 heteroatoms. The Balaban J connectivity index is 1.88. The first-order valence-corrected chi connectivity index (χ1v) is 6.60. The average Bonchev–Trinajstić information content (AvgIpc) is 2.75. The first-order chi connectivity index (χ1) is 8.56. The van der Waals surface area contributed by atoms with Crippen LogP contribution < -0.4 is 5.32 Å². The van der Waals surface area contributed by atoms with Crippen LogP contribution >= 0.6 is 0 Å². The normalized spacial score (nSPS) is 18.7. The van der Waals surface area contributed by atoms with E-state index in [0.29, 0.717) is 0 Å². The lowest BCUT2D eigenvalue weighted by molar-refractivity contribution is -0.132. The maximum Gasteiger partial charge on any atom is 0.244 e. The van der Waals surface area contributed by atoms with Crippen LogP contribution in [-0.2, 0) is 11.8 Å². The minimum Gasteiger partial charge on any atom is -0.371 e. The van der Waals surface area contributed by atoms with Crippen LogP contribution in [-0.4, -0.2) is 39.7 Å². The molecule has 18 heavy (non-hydrogen) atoms. The molecule has 0 aromatic carbocycles. The third-order valence-electron chi connectivity index (χ3n) is 3.55. The van der Waals surface area contributed by atoms with E-state index >= 15 is 0 Å². The molecule has 0 aliphatic carbocycles. The standard InChI is InChI=1S/C13H22N4O/c1-10-4-6-17(7-5-10)13(18)11(2)15-12-8-14-16(3)9-12/h8-11,15H,4-7H2,1-3H3. The van der Waals surface area contributed by atoms with Gasteiger partial charge in [-0.2, -0.15) is 5.10 Å². The maximum absolute atomic E-state index is 12.3. The van der Waals surface area contributed by atoms with Crippen molar-refractivity contribution >= 4 is 11.6 Å². The number of rotatable bonds is 3. The molecule has 1 amide bonds. The van der Waals surface area contributed by atoms with Crippen LogP contribution in [0.25, 0.3) is 0 Å². The Labute approximate surface area is 108 Å². The highest BCUT2D eigenvalue weighted by Crippen LogP contribution is 2.17. The minimum atomic E-state index is -0.192. The highest BCUT2D eigenvalue weighted by Gasteiger charge is 2.24. The summed E-state index contributed by atoms with van der Waals surface area (Å²) < 4.78 is 1.72. The molecule has 2 rings (SSSR count). The van der Waals surface area contributed by atoms with Gasteiger partial charge in [0.05, 0.1) is 11.9 Å². The number of nitrogens with zero attached hydrogens (tertiary/aromatic N) is 3. The number of aryl methyl sites for hydroxylation is 1. The van der Waals surface area contributed by atoms with Crippen molar-refractivity contribution in [2.75, 3.05) is 18.4 Å². The summed E-state index contributed by atoms with van der Waals surface area (Å²) in [5.41, 5.74) is 0.892. The van der Waals surface area contributed by atoms with Gasteiger partial charge in [-0.05, 0) is 25.7 Å². The molecule has 0 spiro atoms. The molecule has 5 nitrogen and oxygen atoms in total. The number of hydrogen-bond donors (Lipinski definition) is 1. The number of nitrogens with one attached hydrogen (secondary N) is 1. The van der Waals surface area contributed by atoms with Gasteiger partial charge in [-0.25, -0.2) is 0 Å². The molecule has 1 aliphatic rings. The van der Waals surface area contributed by atoms with E-state index in [1.165, 1.54) is 0 Å². The molecule has 1 unspecified atom stereocenters. The number of hydrogen-bond acceptors (Lipinski definition) is 3. The Morgan fingerprint density at radius 3 is 2.72 bits per heavy atom. The van der Waals surface area contributed by atoms with Crippen LogP contribution in [0.5, 0.6) is 0 Å². The predicted molar refractivity (Wildman–Crippen MR) is 71.3 cm³/mol. The van der Waals surface area contributed by atoms with E-state index < -0.39 is 0 Å². The Morgan fingerprint density at radius 1 is 1.50 bits per heavy atom.